The third-order valence-corrected chi connectivity index (χ3v) is 6.06. The maximum atomic E-state index is 5.12. The van der Waals surface area contributed by atoms with Crippen molar-refractivity contribution in [2.45, 2.75) is 58.0 Å². The van der Waals surface area contributed by atoms with Gasteiger partial charge in [0.1, 0.15) is 5.84 Å². The molecule has 1 aliphatic carbocycles. The van der Waals surface area contributed by atoms with E-state index in [0.717, 1.165) is 24.4 Å². The summed E-state index contributed by atoms with van der Waals surface area (Å²) in [6.45, 7) is 4.66. The van der Waals surface area contributed by atoms with E-state index >= 15 is 0 Å². The van der Waals surface area contributed by atoms with Gasteiger partial charge in [0.15, 0.2) is 0 Å². The van der Waals surface area contributed by atoms with E-state index in [9.17, 15) is 0 Å². The predicted molar refractivity (Wildman–Crippen MR) is 105 cm³/mol. The summed E-state index contributed by atoms with van der Waals surface area (Å²) in [6, 6.07) is 20.6. The van der Waals surface area contributed by atoms with Gasteiger partial charge in [-0.2, -0.15) is 0 Å². The number of para-hydroxylation sites is 1. The third-order valence-electron chi connectivity index (χ3n) is 6.06. The number of fused-ring (bicyclic) bond motifs is 1. The molecule has 2 atom stereocenters. The van der Waals surface area contributed by atoms with Crippen molar-refractivity contribution in [1.82, 2.24) is 4.90 Å². The van der Waals surface area contributed by atoms with Gasteiger partial charge in [-0.05, 0) is 49.3 Å². The number of nitrogens with zero attached hydrogens (tertiary/aromatic N) is 2. The Labute approximate surface area is 151 Å². The summed E-state index contributed by atoms with van der Waals surface area (Å²) in [5, 5.41) is 0. The first-order chi connectivity index (χ1) is 12.3. The molecule has 1 saturated carbocycles. The molecule has 0 radical (unpaired) electrons. The van der Waals surface area contributed by atoms with Crippen molar-refractivity contribution in [1.29, 1.82) is 0 Å². The first kappa shape index (κ1) is 16.4. The number of amidine groups is 1. The second kappa shape index (κ2) is 7.03. The molecular formula is C23H28N2. The number of hydrogen-bond acceptors (Lipinski definition) is 2. The Morgan fingerprint density at radius 1 is 1.04 bits per heavy atom. The van der Waals surface area contributed by atoms with E-state index in [2.05, 4.69) is 73.3 Å². The van der Waals surface area contributed by atoms with E-state index in [1.165, 1.54) is 36.2 Å². The lowest BCUT2D eigenvalue weighted by Crippen LogP contribution is -2.46. The van der Waals surface area contributed by atoms with Gasteiger partial charge in [-0.1, -0.05) is 61.9 Å². The van der Waals surface area contributed by atoms with Crippen LogP contribution in [-0.4, -0.2) is 16.8 Å². The smallest absolute Gasteiger partial charge is 0.105 e. The maximum absolute atomic E-state index is 5.12. The largest absolute Gasteiger partial charge is 0.350 e. The molecule has 2 unspecified atom stereocenters. The van der Waals surface area contributed by atoms with Gasteiger partial charge < -0.3 is 4.90 Å². The fourth-order valence-electron chi connectivity index (χ4n) is 4.36. The Morgan fingerprint density at radius 2 is 1.76 bits per heavy atom. The monoisotopic (exact) mass is 332 g/mol. The van der Waals surface area contributed by atoms with Crippen LogP contribution in [-0.2, 0) is 6.42 Å². The van der Waals surface area contributed by atoms with Gasteiger partial charge in [-0.15, -0.1) is 0 Å². The molecule has 0 saturated heterocycles. The van der Waals surface area contributed by atoms with Crippen LogP contribution >= 0.6 is 0 Å². The van der Waals surface area contributed by atoms with Crippen molar-refractivity contribution < 1.29 is 0 Å². The molecule has 130 valence electrons. The van der Waals surface area contributed by atoms with Crippen LogP contribution in [0.15, 0.2) is 59.6 Å². The zero-order chi connectivity index (χ0) is 17.2. The van der Waals surface area contributed by atoms with Gasteiger partial charge in [0.05, 0.1) is 11.7 Å². The molecule has 4 rings (SSSR count). The highest BCUT2D eigenvalue weighted by Gasteiger charge is 2.35. The van der Waals surface area contributed by atoms with Gasteiger partial charge in [-0.25, -0.2) is 4.99 Å². The Hall–Kier alpha value is -2.09. The molecule has 2 aromatic carbocycles. The topological polar surface area (TPSA) is 15.6 Å². The van der Waals surface area contributed by atoms with Gasteiger partial charge in [0.2, 0.25) is 0 Å². The molecule has 2 nitrogen and oxygen atoms in total. The van der Waals surface area contributed by atoms with E-state index in [1.807, 2.05) is 0 Å². The fourth-order valence-corrected chi connectivity index (χ4v) is 4.36. The summed E-state index contributed by atoms with van der Waals surface area (Å²) < 4.78 is 0. The lowest BCUT2D eigenvalue weighted by Gasteiger charge is -2.44. The number of benzene rings is 2. The molecule has 0 amide bonds. The third kappa shape index (κ3) is 3.10. The van der Waals surface area contributed by atoms with Crippen LogP contribution in [0.4, 0.5) is 5.69 Å². The summed E-state index contributed by atoms with van der Waals surface area (Å²) in [4.78, 5) is 7.77. The lowest BCUT2D eigenvalue weighted by atomic mass is 9.78. The average molecular weight is 332 g/mol. The van der Waals surface area contributed by atoms with E-state index < -0.39 is 0 Å². The molecule has 0 N–H and O–H groups in total. The quantitative estimate of drug-likeness (QED) is 0.679. The van der Waals surface area contributed by atoms with Crippen molar-refractivity contribution in [3.8, 4) is 0 Å². The first-order valence-electron chi connectivity index (χ1n) is 9.76. The number of rotatable bonds is 4. The molecule has 2 aromatic rings. The van der Waals surface area contributed by atoms with Crippen LogP contribution in [0.2, 0.25) is 0 Å². The van der Waals surface area contributed by atoms with Crippen LogP contribution in [0.1, 0.15) is 56.7 Å². The summed E-state index contributed by atoms with van der Waals surface area (Å²) >= 11 is 0. The van der Waals surface area contributed by atoms with Gasteiger partial charge >= 0.3 is 0 Å². The Kier molecular flexibility index (Phi) is 4.61. The first-order valence-corrected chi connectivity index (χ1v) is 9.76. The van der Waals surface area contributed by atoms with Crippen molar-refractivity contribution in [3.63, 3.8) is 0 Å². The predicted octanol–water partition coefficient (Wildman–Crippen LogP) is 5.91. The normalized spacial score (nSPS) is 21.8. The Bertz CT molecular complexity index is 746. The molecule has 0 spiro atoms. The Morgan fingerprint density at radius 3 is 2.44 bits per heavy atom. The zero-order valence-electron chi connectivity index (χ0n) is 15.4. The standard InChI is InChI=1S/C23H28N2/c1-3-23-24-21-15-8-7-12-20(21)16-22(19-10-5-4-6-11-19)25(23)17(2)18-13-9-14-18/h4-8,10-12,15,17-18,22H,3,9,13-14,16H2,1-2H3. The molecule has 1 fully saturated rings. The van der Waals surface area contributed by atoms with Crippen LogP contribution in [0.3, 0.4) is 0 Å². The summed E-state index contributed by atoms with van der Waals surface area (Å²) in [7, 11) is 0. The highest BCUT2D eigenvalue weighted by atomic mass is 15.2. The SMILES string of the molecule is CCC1=Nc2ccccc2CC(c2ccccc2)N1C(C)C1CCC1. The van der Waals surface area contributed by atoms with E-state index in [1.54, 1.807) is 0 Å². The van der Waals surface area contributed by atoms with Crippen LogP contribution in [0.25, 0.3) is 0 Å². The molecule has 0 aromatic heterocycles. The highest BCUT2D eigenvalue weighted by Crippen LogP contribution is 2.40. The maximum Gasteiger partial charge on any atom is 0.105 e. The van der Waals surface area contributed by atoms with E-state index in [4.69, 9.17) is 4.99 Å². The summed E-state index contributed by atoms with van der Waals surface area (Å²) in [5.74, 6) is 2.06. The molecule has 0 bridgehead atoms. The highest BCUT2D eigenvalue weighted by molar-refractivity contribution is 5.86. The van der Waals surface area contributed by atoms with Crippen molar-refractivity contribution in [2.75, 3.05) is 0 Å². The second-order valence-corrected chi connectivity index (χ2v) is 7.48. The molecular weight excluding hydrogens is 304 g/mol. The molecule has 2 aliphatic rings. The summed E-state index contributed by atoms with van der Waals surface area (Å²) in [5.41, 5.74) is 3.93. The van der Waals surface area contributed by atoms with Crippen molar-refractivity contribution >= 4 is 11.5 Å². The molecule has 1 aliphatic heterocycles. The van der Waals surface area contributed by atoms with Gasteiger partial charge in [0, 0.05) is 12.5 Å². The van der Waals surface area contributed by atoms with E-state index in [0.29, 0.717) is 12.1 Å². The molecule has 1 heterocycles. The average Bonchev–Trinajstić information content (AvgIpc) is 2.77. The van der Waals surface area contributed by atoms with Crippen molar-refractivity contribution in [3.05, 3.63) is 65.7 Å². The van der Waals surface area contributed by atoms with Crippen LogP contribution in [0, 0.1) is 5.92 Å². The van der Waals surface area contributed by atoms with Crippen LogP contribution < -0.4 is 0 Å². The lowest BCUT2D eigenvalue weighted by molar-refractivity contribution is 0.131. The van der Waals surface area contributed by atoms with Gasteiger partial charge in [0.25, 0.3) is 0 Å². The minimum absolute atomic E-state index is 0.374. The second-order valence-electron chi connectivity index (χ2n) is 7.48. The minimum Gasteiger partial charge on any atom is -0.350 e. The summed E-state index contributed by atoms with van der Waals surface area (Å²) in [6.07, 6.45) is 6.13. The van der Waals surface area contributed by atoms with Crippen LogP contribution in [0.5, 0.6) is 0 Å². The molecule has 25 heavy (non-hydrogen) atoms. The van der Waals surface area contributed by atoms with Crippen molar-refractivity contribution in [2.24, 2.45) is 10.9 Å². The Balaban J connectivity index is 1.81. The number of aliphatic imine (C=N–C) groups is 1. The number of hydrogen-bond donors (Lipinski definition) is 0. The van der Waals surface area contributed by atoms with E-state index in [-0.39, 0.29) is 0 Å². The fraction of sp³-hybridized carbons (Fsp3) is 0.435. The molecule has 2 heteroatoms. The van der Waals surface area contributed by atoms with Gasteiger partial charge in [-0.3, -0.25) is 0 Å². The zero-order valence-corrected chi connectivity index (χ0v) is 15.4. The minimum atomic E-state index is 0.374.